The number of nitrogens with zero attached hydrogens (tertiary/aromatic N) is 2. The lowest BCUT2D eigenvalue weighted by atomic mass is 9.79. The van der Waals surface area contributed by atoms with Crippen molar-refractivity contribution in [1.29, 1.82) is 0 Å². The van der Waals surface area contributed by atoms with Gasteiger partial charge in [-0.25, -0.2) is 4.79 Å². The van der Waals surface area contributed by atoms with E-state index >= 15 is 0 Å². The Hall–Kier alpha value is -3.15. The number of esters is 1. The molecule has 0 saturated heterocycles. The molecule has 2 aromatic carbocycles. The summed E-state index contributed by atoms with van der Waals surface area (Å²) in [5.74, 6) is -0.0769. The largest absolute Gasteiger partial charge is 0.461 e. The predicted molar refractivity (Wildman–Crippen MR) is 110 cm³/mol. The van der Waals surface area contributed by atoms with Gasteiger partial charge in [-0.15, -0.1) is 0 Å². The summed E-state index contributed by atoms with van der Waals surface area (Å²) in [5.41, 5.74) is 3.71. The van der Waals surface area contributed by atoms with E-state index in [0.717, 1.165) is 42.5 Å². The second kappa shape index (κ2) is 8.07. The average molecular weight is 392 g/mol. The molecular formula is C23H24N2O4. The van der Waals surface area contributed by atoms with Gasteiger partial charge in [-0.2, -0.15) is 0 Å². The summed E-state index contributed by atoms with van der Waals surface area (Å²) in [7, 11) is 0. The van der Waals surface area contributed by atoms with E-state index in [1.807, 2.05) is 23.1 Å². The van der Waals surface area contributed by atoms with E-state index in [0.29, 0.717) is 12.3 Å². The molecule has 6 nitrogen and oxygen atoms in total. The van der Waals surface area contributed by atoms with Gasteiger partial charge in [0.25, 0.3) is 5.69 Å². The summed E-state index contributed by atoms with van der Waals surface area (Å²) in [6.45, 7) is 2.12. The fourth-order valence-electron chi connectivity index (χ4n) is 4.64. The van der Waals surface area contributed by atoms with Gasteiger partial charge in [0.15, 0.2) is 0 Å². The Labute approximate surface area is 169 Å². The first kappa shape index (κ1) is 19.2. The number of benzene rings is 2. The van der Waals surface area contributed by atoms with E-state index in [1.54, 1.807) is 19.1 Å². The molecule has 29 heavy (non-hydrogen) atoms. The van der Waals surface area contributed by atoms with Gasteiger partial charge in [0.2, 0.25) is 0 Å². The molecule has 0 spiro atoms. The molecule has 4 rings (SSSR count). The third-order valence-corrected chi connectivity index (χ3v) is 5.81. The lowest BCUT2D eigenvalue weighted by molar-refractivity contribution is -0.384. The number of nitro groups is 1. The lowest BCUT2D eigenvalue weighted by Crippen LogP contribution is -2.30. The van der Waals surface area contributed by atoms with Crippen LogP contribution in [-0.4, -0.2) is 17.5 Å². The maximum Gasteiger partial charge on any atom is 0.354 e. The number of anilines is 1. The first-order valence-corrected chi connectivity index (χ1v) is 10.1. The third-order valence-electron chi connectivity index (χ3n) is 5.81. The van der Waals surface area contributed by atoms with Gasteiger partial charge in [-0.05, 0) is 49.5 Å². The molecule has 1 aliphatic heterocycles. The van der Waals surface area contributed by atoms with Crippen molar-refractivity contribution in [1.82, 2.24) is 0 Å². The summed E-state index contributed by atoms with van der Waals surface area (Å²) in [6, 6.07) is 16.6. The van der Waals surface area contributed by atoms with Crippen molar-refractivity contribution < 1.29 is 14.5 Å². The van der Waals surface area contributed by atoms with Crippen LogP contribution in [0.5, 0.6) is 0 Å². The Morgan fingerprint density at radius 2 is 1.86 bits per heavy atom. The molecule has 2 aromatic rings. The van der Waals surface area contributed by atoms with Crippen LogP contribution in [-0.2, 0) is 9.53 Å². The molecule has 1 fully saturated rings. The van der Waals surface area contributed by atoms with Crippen molar-refractivity contribution in [2.24, 2.45) is 5.92 Å². The second-order valence-corrected chi connectivity index (χ2v) is 7.45. The van der Waals surface area contributed by atoms with Crippen LogP contribution in [0.4, 0.5) is 11.4 Å². The summed E-state index contributed by atoms with van der Waals surface area (Å²) < 4.78 is 5.43. The van der Waals surface area contributed by atoms with E-state index in [1.165, 1.54) is 12.1 Å². The molecule has 0 unspecified atom stereocenters. The molecule has 6 heteroatoms. The van der Waals surface area contributed by atoms with Gasteiger partial charge in [0.05, 0.1) is 17.6 Å². The summed E-state index contributed by atoms with van der Waals surface area (Å²) in [4.78, 5) is 25.7. The fourth-order valence-corrected chi connectivity index (χ4v) is 4.64. The monoisotopic (exact) mass is 392 g/mol. The smallest absolute Gasteiger partial charge is 0.354 e. The predicted octanol–water partition coefficient (Wildman–Crippen LogP) is 5.16. The Morgan fingerprint density at radius 3 is 2.52 bits per heavy atom. The standard InChI is InChI=1S/C23H24N2O4/c1-2-29-23(26)22-20-11-7-6-10-19(20)21(16-8-4-3-5-9-16)24(22)17-12-14-18(15-13-17)25(27)28/h3-5,8-9,12-15,19,21H,2,6-7,10-11H2,1H3/t19-,21-/m0/s1. The SMILES string of the molecule is CCOC(=O)C1=C2CCCC[C@@H]2[C@H](c2ccccc2)N1c1ccc([N+](=O)[O-])cc1. The Bertz CT molecular complexity index is 937. The van der Waals surface area contributed by atoms with Crippen molar-refractivity contribution in [2.45, 2.75) is 38.6 Å². The molecule has 2 atom stereocenters. The van der Waals surface area contributed by atoms with Crippen molar-refractivity contribution in [3.05, 3.63) is 81.5 Å². The quantitative estimate of drug-likeness (QED) is 0.399. The van der Waals surface area contributed by atoms with Crippen LogP contribution in [0.15, 0.2) is 65.9 Å². The third kappa shape index (κ3) is 3.50. The van der Waals surface area contributed by atoms with Crippen LogP contribution in [0, 0.1) is 16.0 Å². The van der Waals surface area contributed by atoms with E-state index in [4.69, 9.17) is 4.74 Å². The molecule has 1 saturated carbocycles. The Balaban J connectivity index is 1.86. The highest BCUT2D eigenvalue weighted by molar-refractivity contribution is 5.95. The molecule has 0 amide bonds. The maximum absolute atomic E-state index is 13.0. The van der Waals surface area contributed by atoms with Crippen LogP contribution in [0.3, 0.4) is 0 Å². The fraction of sp³-hybridized carbons (Fsp3) is 0.348. The van der Waals surface area contributed by atoms with Gasteiger partial charge < -0.3 is 9.64 Å². The highest BCUT2D eigenvalue weighted by atomic mass is 16.6. The number of rotatable bonds is 5. The maximum atomic E-state index is 13.0. The number of non-ortho nitro benzene ring substituents is 1. The zero-order valence-corrected chi connectivity index (χ0v) is 16.4. The Morgan fingerprint density at radius 1 is 1.14 bits per heavy atom. The van der Waals surface area contributed by atoms with Gasteiger partial charge in [0, 0.05) is 23.7 Å². The first-order valence-electron chi connectivity index (χ1n) is 10.1. The zero-order valence-electron chi connectivity index (χ0n) is 16.4. The van der Waals surface area contributed by atoms with E-state index in [9.17, 15) is 14.9 Å². The Kier molecular flexibility index (Phi) is 5.34. The normalized spacial score (nSPS) is 21.1. The van der Waals surface area contributed by atoms with Gasteiger partial charge >= 0.3 is 5.97 Å². The van der Waals surface area contributed by atoms with E-state index < -0.39 is 4.92 Å². The number of nitro benzene ring substituents is 1. The molecule has 1 aliphatic carbocycles. The molecular weight excluding hydrogens is 368 g/mol. The molecule has 0 N–H and O–H groups in total. The highest BCUT2D eigenvalue weighted by Crippen LogP contribution is 2.52. The summed E-state index contributed by atoms with van der Waals surface area (Å²) in [6.07, 6.45) is 4.08. The van der Waals surface area contributed by atoms with Crippen molar-refractivity contribution in [3.63, 3.8) is 0 Å². The molecule has 2 aliphatic rings. The minimum Gasteiger partial charge on any atom is -0.461 e. The van der Waals surface area contributed by atoms with Crippen LogP contribution >= 0.6 is 0 Å². The zero-order chi connectivity index (χ0) is 20.4. The average Bonchev–Trinajstić information content (AvgIpc) is 3.10. The van der Waals surface area contributed by atoms with Gasteiger partial charge in [-0.3, -0.25) is 10.1 Å². The number of fused-ring (bicyclic) bond motifs is 1. The van der Waals surface area contributed by atoms with Crippen molar-refractivity contribution in [2.75, 3.05) is 11.5 Å². The van der Waals surface area contributed by atoms with Crippen LogP contribution in [0.25, 0.3) is 0 Å². The van der Waals surface area contributed by atoms with Crippen molar-refractivity contribution >= 4 is 17.3 Å². The van der Waals surface area contributed by atoms with Crippen molar-refractivity contribution in [3.8, 4) is 0 Å². The van der Waals surface area contributed by atoms with Crippen LogP contribution in [0.2, 0.25) is 0 Å². The lowest BCUT2D eigenvalue weighted by Gasteiger charge is -2.33. The van der Waals surface area contributed by atoms with E-state index in [2.05, 4.69) is 12.1 Å². The second-order valence-electron chi connectivity index (χ2n) is 7.45. The molecule has 1 heterocycles. The molecule has 0 aromatic heterocycles. The summed E-state index contributed by atoms with van der Waals surface area (Å²) >= 11 is 0. The molecule has 0 radical (unpaired) electrons. The minimum absolute atomic E-state index is 0.0210. The number of ether oxygens (including phenoxy) is 1. The molecule has 0 bridgehead atoms. The number of hydrogen-bond donors (Lipinski definition) is 0. The van der Waals surface area contributed by atoms with Gasteiger partial charge in [-0.1, -0.05) is 36.8 Å². The van der Waals surface area contributed by atoms with Crippen LogP contribution < -0.4 is 4.90 Å². The van der Waals surface area contributed by atoms with E-state index in [-0.39, 0.29) is 23.6 Å². The topological polar surface area (TPSA) is 72.7 Å². The molecule has 150 valence electrons. The number of carbonyl (C=O) groups excluding carboxylic acids is 1. The van der Waals surface area contributed by atoms with Crippen LogP contribution in [0.1, 0.15) is 44.2 Å². The number of carbonyl (C=O) groups is 1. The van der Waals surface area contributed by atoms with Gasteiger partial charge in [0.1, 0.15) is 5.70 Å². The first-order chi connectivity index (χ1) is 14.1. The minimum atomic E-state index is -0.410. The highest BCUT2D eigenvalue weighted by Gasteiger charge is 2.45. The summed E-state index contributed by atoms with van der Waals surface area (Å²) in [5, 5.41) is 11.1. The number of hydrogen-bond acceptors (Lipinski definition) is 5.